The summed E-state index contributed by atoms with van der Waals surface area (Å²) >= 11 is 0. The van der Waals surface area contributed by atoms with Crippen LogP contribution < -0.4 is 0 Å². The topological polar surface area (TPSA) is 28.7 Å². The molecule has 0 atom stereocenters. The molecular formula is C33H30N2. The third-order valence-corrected chi connectivity index (χ3v) is 9.60. The lowest BCUT2D eigenvalue weighted by Gasteiger charge is -2.41. The minimum Gasteiger partial charge on any atom is -0.353 e. The molecule has 2 bridgehead atoms. The first-order chi connectivity index (χ1) is 17.3. The van der Waals surface area contributed by atoms with Gasteiger partial charge in [0.05, 0.1) is 23.3 Å². The highest BCUT2D eigenvalue weighted by atomic mass is 14.8. The Balaban J connectivity index is 1.44. The second-order valence-corrected chi connectivity index (χ2v) is 11.0. The third-order valence-electron chi connectivity index (χ3n) is 9.60. The van der Waals surface area contributed by atoms with E-state index in [1.807, 2.05) is 0 Å². The maximum atomic E-state index is 5.13. The maximum absolute atomic E-state index is 5.13. The summed E-state index contributed by atoms with van der Waals surface area (Å²) in [7, 11) is 0. The summed E-state index contributed by atoms with van der Waals surface area (Å²) in [4.78, 5) is 8.87. The molecule has 1 saturated carbocycles. The Bertz CT molecular complexity index is 1580. The van der Waals surface area contributed by atoms with Gasteiger partial charge in [0.25, 0.3) is 0 Å². The fraction of sp³-hybridized carbons (Fsp3) is 0.303. The van der Waals surface area contributed by atoms with Gasteiger partial charge in [-0.25, -0.2) is 0 Å². The van der Waals surface area contributed by atoms with E-state index in [4.69, 9.17) is 4.98 Å². The summed E-state index contributed by atoms with van der Waals surface area (Å²) in [6.45, 7) is 2.39. The van der Waals surface area contributed by atoms with E-state index < -0.39 is 0 Å². The number of aromatic nitrogens is 2. The van der Waals surface area contributed by atoms with Gasteiger partial charge in [-0.1, -0.05) is 80.8 Å². The number of aromatic amines is 1. The van der Waals surface area contributed by atoms with Crippen LogP contribution in [0.5, 0.6) is 0 Å². The Labute approximate surface area is 206 Å². The first-order valence-electron chi connectivity index (χ1n) is 13.4. The van der Waals surface area contributed by atoms with Crippen molar-refractivity contribution in [2.45, 2.75) is 62.7 Å². The van der Waals surface area contributed by atoms with Crippen molar-refractivity contribution in [3.05, 3.63) is 112 Å². The standard InChI is InChI=1S/C33H30N2/c1-2-33(16-8-3-9-17-33)20-14-15-26-25(18-20)30-27(35-26)19-34-32-29-23-12-6-4-10-21(23)28(31(30)32)22-11-5-7-13-24(22)29/h4-7,10-15,18-19,28-29,35H,2-3,8-9,16-17H2,1H3. The number of nitrogens with zero attached hydrogens (tertiary/aromatic N) is 1. The number of nitrogens with one attached hydrogen (secondary N) is 1. The van der Waals surface area contributed by atoms with Gasteiger partial charge in [0.15, 0.2) is 0 Å². The van der Waals surface area contributed by atoms with Crippen molar-refractivity contribution >= 4 is 21.8 Å². The average molecular weight is 455 g/mol. The van der Waals surface area contributed by atoms with Gasteiger partial charge >= 0.3 is 0 Å². The molecule has 4 aliphatic rings. The largest absolute Gasteiger partial charge is 0.353 e. The number of benzene rings is 3. The highest BCUT2D eigenvalue weighted by molar-refractivity contribution is 6.10. The van der Waals surface area contributed by atoms with Gasteiger partial charge in [0.1, 0.15) is 0 Å². The van der Waals surface area contributed by atoms with Gasteiger partial charge < -0.3 is 4.98 Å². The van der Waals surface area contributed by atoms with E-state index >= 15 is 0 Å². The normalized spacial score (nSPS) is 21.6. The first-order valence-corrected chi connectivity index (χ1v) is 13.4. The molecule has 1 N–H and O–H groups in total. The molecule has 0 aliphatic heterocycles. The van der Waals surface area contributed by atoms with Crippen LogP contribution in [0.4, 0.5) is 0 Å². The molecule has 1 fully saturated rings. The summed E-state index contributed by atoms with van der Waals surface area (Å²) in [5.41, 5.74) is 12.8. The lowest BCUT2D eigenvalue weighted by Crippen LogP contribution is -2.28. The third kappa shape index (κ3) is 2.53. The summed E-state index contributed by atoms with van der Waals surface area (Å²) < 4.78 is 0. The first kappa shape index (κ1) is 19.9. The molecule has 9 rings (SSSR count). The van der Waals surface area contributed by atoms with Gasteiger partial charge in [-0.05, 0) is 70.2 Å². The molecule has 0 radical (unpaired) electrons. The molecule has 4 aliphatic carbocycles. The molecule has 2 heteroatoms. The van der Waals surface area contributed by atoms with Gasteiger partial charge in [-0.15, -0.1) is 0 Å². The predicted octanol–water partition coefficient (Wildman–Crippen LogP) is 8.32. The van der Waals surface area contributed by atoms with Crippen molar-refractivity contribution in [2.75, 3.05) is 0 Å². The second kappa shape index (κ2) is 7.07. The van der Waals surface area contributed by atoms with Crippen molar-refractivity contribution in [1.29, 1.82) is 0 Å². The Kier molecular flexibility index (Phi) is 4.01. The lowest BCUT2D eigenvalue weighted by atomic mass is 9.62. The maximum Gasteiger partial charge on any atom is 0.0654 e. The second-order valence-electron chi connectivity index (χ2n) is 11.0. The van der Waals surface area contributed by atoms with Gasteiger partial charge in [0.2, 0.25) is 0 Å². The number of H-pyrrole nitrogens is 1. The van der Waals surface area contributed by atoms with Crippen LogP contribution in [-0.4, -0.2) is 9.97 Å². The van der Waals surface area contributed by atoms with Crippen LogP contribution in [-0.2, 0) is 5.41 Å². The van der Waals surface area contributed by atoms with Crippen LogP contribution in [0.15, 0.2) is 72.9 Å². The molecule has 0 amide bonds. The van der Waals surface area contributed by atoms with E-state index in [0.29, 0.717) is 5.41 Å². The molecule has 35 heavy (non-hydrogen) atoms. The number of rotatable bonds is 2. The molecule has 2 heterocycles. The molecule has 5 aromatic rings. The molecule has 172 valence electrons. The molecule has 2 nitrogen and oxygen atoms in total. The minimum absolute atomic E-state index is 0.222. The number of hydrogen-bond donors (Lipinski definition) is 1. The molecular weight excluding hydrogens is 424 g/mol. The Morgan fingerprint density at radius 1 is 0.800 bits per heavy atom. The van der Waals surface area contributed by atoms with Crippen LogP contribution in [0.2, 0.25) is 0 Å². The fourth-order valence-corrected chi connectivity index (χ4v) is 7.87. The number of pyridine rings is 1. The van der Waals surface area contributed by atoms with Crippen molar-refractivity contribution in [1.82, 2.24) is 9.97 Å². The predicted molar refractivity (Wildman–Crippen MR) is 143 cm³/mol. The van der Waals surface area contributed by atoms with Crippen molar-refractivity contribution in [3.63, 3.8) is 0 Å². The van der Waals surface area contributed by atoms with Crippen LogP contribution >= 0.6 is 0 Å². The van der Waals surface area contributed by atoms with Gasteiger partial charge in [-0.3, -0.25) is 4.98 Å². The smallest absolute Gasteiger partial charge is 0.0654 e. The zero-order chi connectivity index (χ0) is 23.1. The zero-order valence-electron chi connectivity index (χ0n) is 20.3. The number of fused-ring (bicyclic) bond motifs is 3. The van der Waals surface area contributed by atoms with Crippen LogP contribution in [0.25, 0.3) is 21.8 Å². The van der Waals surface area contributed by atoms with E-state index in [1.165, 1.54) is 93.8 Å². The Morgan fingerprint density at radius 2 is 1.46 bits per heavy atom. The molecule has 2 aromatic heterocycles. The fourth-order valence-electron chi connectivity index (χ4n) is 7.87. The average Bonchev–Trinajstić information content (AvgIpc) is 3.31. The van der Waals surface area contributed by atoms with Crippen LogP contribution in [0.1, 0.15) is 96.4 Å². The SMILES string of the molecule is CCC1(c2ccc3[nH]c4cnc5c(c4c3c2)C2c3ccccc3C5c3ccccc32)CCCCC1. The minimum atomic E-state index is 0.222. The molecule has 0 unspecified atom stereocenters. The van der Waals surface area contributed by atoms with E-state index in [2.05, 4.69) is 84.8 Å². The molecule has 0 spiro atoms. The van der Waals surface area contributed by atoms with E-state index in [0.717, 1.165) is 0 Å². The highest BCUT2D eigenvalue weighted by Gasteiger charge is 2.43. The number of hydrogen-bond acceptors (Lipinski definition) is 1. The van der Waals surface area contributed by atoms with Gasteiger partial charge in [-0.2, -0.15) is 0 Å². The Hall–Kier alpha value is -3.39. The van der Waals surface area contributed by atoms with Crippen LogP contribution in [0, 0.1) is 0 Å². The molecule has 0 saturated heterocycles. The Morgan fingerprint density at radius 3 is 2.11 bits per heavy atom. The van der Waals surface area contributed by atoms with E-state index in [9.17, 15) is 0 Å². The summed E-state index contributed by atoms with van der Waals surface area (Å²) in [5.74, 6) is 0.469. The summed E-state index contributed by atoms with van der Waals surface area (Å²) in [5, 5.41) is 2.78. The lowest BCUT2D eigenvalue weighted by molar-refractivity contribution is 0.283. The van der Waals surface area contributed by atoms with E-state index in [1.54, 1.807) is 5.56 Å². The monoisotopic (exact) mass is 454 g/mol. The summed E-state index contributed by atoms with van der Waals surface area (Å²) in [6, 6.07) is 25.4. The van der Waals surface area contributed by atoms with Crippen LogP contribution in [0.3, 0.4) is 0 Å². The summed E-state index contributed by atoms with van der Waals surface area (Å²) in [6.07, 6.45) is 10.1. The molecule has 3 aromatic carbocycles. The van der Waals surface area contributed by atoms with Crippen molar-refractivity contribution < 1.29 is 0 Å². The van der Waals surface area contributed by atoms with Gasteiger partial charge in [0, 0.05) is 22.2 Å². The van der Waals surface area contributed by atoms with Crippen molar-refractivity contribution in [3.8, 4) is 0 Å². The highest BCUT2D eigenvalue weighted by Crippen LogP contribution is 2.57. The zero-order valence-corrected chi connectivity index (χ0v) is 20.3. The van der Waals surface area contributed by atoms with Crippen molar-refractivity contribution in [2.24, 2.45) is 0 Å². The van der Waals surface area contributed by atoms with E-state index in [-0.39, 0.29) is 11.8 Å². The quantitative estimate of drug-likeness (QED) is 0.279.